The highest BCUT2D eigenvalue weighted by Crippen LogP contribution is 2.33. The third kappa shape index (κ3) is 4.82. The molecule has 8 heteroatoms. The molecule has 1 heterocycles. The second-order valence-electron chi connectivity index (χ2n) is 8.20. The van der Waals surface area contributed by atoms with Crippen LogP contribution in [0.4, 0.5) is 0 Å². The fraction of sp³-hybridized carbons (Fsp3) is 0.524. The molecule has 1 aromatic carbocycles. The molecule has 0 spiro atoms. The number of nitrogens with zero attached hydrogens (tertiary/aromatic N) is 4. The van der Waals surface area contributed by atoms with Gasteiger partial charge in [-0.15, -0.1) is 5.10 Å². The molecule has 8 nitrogen and oxygen atoms in total. The number of rotatable bonds is 9. The lowest BCUT2D eigenvalue weighted by Gasteiger charge is -2.42. The van der Waals surface area contributed by atoms with Gasteiger partial charge < -0.3 is 10.4 Å². The number of hydrogen-bond acceptors (Lipinski definition) is 5. The Morgan fingerprint density at radius 2 is 1.97 bits per heavy atom. The number of carboxylic acids is 1. The zero-order chi connectivity index (χ0) is 20.4. The molecular weight excluding hydrogens is 370 g/mol. The summed E-state index contributed by atoms with van der Waals surface area (Å²) in [5.41, 5.74) is 2.44. The Labute approximate surface area is 169 Å². The highest BCUT2D eigenvalue weighted by Gasteiger charge is 2.37. The average Bonchev–Trinajstić information content (AvgIpc) is 3.40. The van der Waals surface area contributed by atoms with Gasteiger partial charge in [-0.3, -0.25) is 14.5 Å². The van der Waals surface area contributed by atoms with E-state index in [4.69, 9.17) is 5.11 Å². The average molecular weight is 397 g/mol. The van der Waals surface area contributed by atoms with E-state index < -0.39 is 5.97 Å². The minimum atomic E-state index is -0.782. The number of aromatic nitrogens is 3. The molecule has 1 aromatic heterocycles. The van der Waals surface area contributed by atoms with Gasteiger partial charge in [0.05, 0.1) is 30.0 Å². The van der Waals surface area contributed by atoms with E-state index in [1.165, 1.54) is 12.8 Å². The highest BCUT2D eigenvalue weighted by molar-refractivity contribution is 5.78. The Kier molecular flexibility index (Phi) is 5.62. The van der Waals surface area contributed by atoms with Crippen molar-refractivity contribution in [3.05, 3.63) is 41.7 Å². The van der Waals surface area contributed by atoms with Crippen molar-refractivity contribution < 1.29 is 14.7 Å². The molecule has 1 amide bonds. The molecule has 0 aliphatic heterocycles. The Bertz CT molecular complexity index is 872. The topological polar surface area (TPSA) is 100 Å². The molecule has 2 aromatic rings. The van der Waals surface area contributed by atoms with Crippen LogP contribution in [-0.4, -0.2) is 62.0 Å². The van der Waals surface area contributed by atoms with E-state index in [0.29, 0.717) is 11.6 Å². The second kappa shape index (κ2) is 8.32. The van der Waals surface area contributed by atoms with Gasteiger partial charge in [-0.1, -0.05) is 23.4 Å². The highest BCUT2D eigenvalue weighted by atomic mass is 16.4. The number of aliphatic carboxylic acids is 1. The summed E-state index contributed by atoms with van der Waals surface area (Å²) in [6.45, 7) is 2.86. The number of benzene rings is 1. The van der Waals surface area contributed by atoms with Crippen LogP contribution in [0.3, 0.4) is 0 Å². The molecule has 2 fully saturated rings. The zero-order valence-electron chi connectivity index (χ0n) is 16.6. The van der Waals surface area contributed by atoms with Crippen molar-refractivity contribution in [1.29, 1.82) is 0 Å². The van der Waals surface area contributed by atoms with Crippen molar-refractivity contribution >= 4 is 11.9 Å². The molecule has 0 saturated heterocycles. The predicted molar refractivity (Wildman–Crippen MR) is 107 cm³/mol. The summed E-state index contributed by atoms with van der Waals surface area (Å²) in [6, 6.07) is 10.1. The van der Waals surface area contributed by atoms with E-state index in [0.717, 1.165) is 30.8 Å². The number of hydrogen-bond donors (Lipinski definition) is 2. The predicted octanol–water partition coefficient (Wildman–Crippen LogP) is 1.56. The quantitative estimate of drug-likeness (QED) is 0.666. The third-order valence-corrected chi connectivity index (χ3v) is 5.84. The normalized spacial score (nSPS) is 21.0. The summed E-state index contributed by atoms with van der Waals surface area (Å²) in [5.74, 6) is -0.197. The van der Waals surface area contributed by atoms with Crippen molar-refractivity contribution in [2.75, 3.05) is 13.1 Å². The Morgan fingerprint density at radius 3 is 2.62 bits per heavy atom. The number of carboxylic acid groups (broad SMARTS) is 1. The number of carbonyl (C=O) groups is 2. The maximum atomic E-state index is 12.5. The van der Waals surface area contributed by atoms with Crippen LogP contribution in [0.25, 0.3) is 5.69 Å². The van der Waals surface area contributed by atoms with E-state index in [2.05, 4.69) is 20.5 Å². The Morgan fingerprint density at radius 1 is 1.24 bits per heavy atom. The standard InChI is InChI=1S/C21H27N5O3/c1-14-19(23-24-26(14)17-5-3-2-4-6-17)11-20(27)22-16-9-18(10-16)25(13-21(28)29)12-15-7-8-15/h2-6,15-16,18H,7-13H2,1H3,(H,22,27)(H,28,29). The molecule has 0 radical (unpaired) electrons. The van der Waals surface area contributed by atoms with Crippen LogP contribution in [0.5, 0.6) is 0 Å². The molecule has 0 atom stereocenters. The van der Waals surface area contributed by atoms with Crippen LogP contribution in [0, 0.1) is 12.8 Å². The fourth-order valence-electron chi connectivity index (χ4n) is 3.92. The fourth-order valence-corrected chi connectivity index (χ4v) is 3.92. The summed E-state index contributed by atoms with van der Waals surface area (Å²) in [7, 11) is 0. The molecule has 2 saturated carbocycles. The van der Waals surface area contributed by atoms with E-state index >= 15 is 0 Å². The largest absolute Gasteiger partial charge is 0.480 e. The minimum Gasteiger partial charge on any atom is -0.480 e. The van der Waals surface area contributed by atoms with E-state index in [1.54, 1.807) is 4.68 Å². The van der Waals surface area contributed by atoms with Gasteiger partial charge in [0.2, 0.25) is 5.91 Å². The first-order chi connectivity index (χ1) is 14.0. The first kappa shape index (κ1) is 19.6. The molecule has 2 aliphatic rings. The molecule has 4 rings (SSSR count). The van der Waals surface area contributed by atoms with Gasteiger partial charge in [0.15, 0.2) is 0 Å². The van der Waals surface area contributed by atoms with Gasteiger partial charge in [-0.05, 0) is 50.7 Å². The monoisotopic (exact) mass is 397 g/mol. The van der Waals surface area contributed by atoms with Crippen molar-refractivity contribution in [3.8, 4) is 5.69 Å². The van der Waals surface area contributed by atoms with Gasteiger partial charge in [-0.2, -0.15) is 0 Å². The molecule has 2 aliphatic carbocycles. The number of nitrogens with one attached hydrogen (secondary N) is 1. The van der Waals surface area contributed by atoms with Crippen molar-refractivity contribution in [1.82, 2.24) is 25.2 Å². The van der Waals surface area contributed by atoms with Gasteiger partial charge in [0, 0.05) is 18.6 Å². The molecule has 0 unspecified atom stereocenters. The lowest BCUT2D eigenvalue weighted by atomic mass is 9.85. The van der Waals surface area contributed by atoms with Crippen LogP contribution in [0.1, 0.15) is 37.1 Å². The van der Waals surface area contributed by atoms with E-state index in [-0.39, 0.29) is 31.0 Å². The Balaban J connectivity index is 1.28. The third-order valence-electron chi connectivity index (χ3n) is 5.84. The van der Waals surface area contributed by atoms with Gasteiger partial charge in [0.25, 0.3) is 0 Å². The van der Waals surface area contributed by atoms with Crippen LogP contribution in [-0.2, 0) is 16.0 Å². The smallest absolute Gasteiger partial charge is 0.317 e. The first-order valence-corrected chi connectivity index (χ1v) is 10.2. The van der Waals surface area contributed by atoms with Gasteiger partial charge in [0.1, 0.15) is 0 Å². The van der Waals surface area contributed by atoms with Gasteiger partial charge in [-0.25, -0.2) is 4.68 Å². The Hall–Kier alpha value is -2.74. The van der Waals surface area contributed by atoms with Crippen LogP contribution >= 0.6 is 0 Å². The molecule has 29 heavy (non-hydrogen) atoms. The van der Waals surface area contributed by atoms with E-state index in [9.17, 15) is 9.59 Å². The molecular formula is C21H27N5O3. The minimum absolute atomic E-state index is 0.0661. The van der Waals surface area contributed by atoms with Gasteiger partial charge >= 0.3 is 5.97 Å². The summed E-state index contributed by atoms with van der Waals surface area (Å²) in [6.07, 6.45) is 4.21. The van der Waals surface area contributed by atoms with Crippen molar-refractivity contribution in [3.63, 3.8) is 0 Å². The zero-order valence-corrected chi connectivity index (χ0v) is 16.6. The summed E-state index contributed by atoms with van der Waals surface area (Å²) >= 11 is 0. The summed E-state index contributed by atoms with van der Waals surface area (Å²) in [4.78, 5) is 25.7. The van der Waals surface area contributed by atoms with Crippen LogP contribution in [0.15, 0.2) is 30.3 Å². The lowest BCUT2D eigenvalue weighted by molar-refractivity contribution is -0.140. The number of carbonyl (C=O) groups excluding carboxylic acids is 1. The summed E-state index contributed by atoms with van der Waals surface area (Å²) in [5, 5.41) is 20.6. The number of para-hydroxylation sites is 1. The second-order valence-corrected chi connectivity index (χ2v) is 8.20. The first-order valence-electron chi connectivity index (χ1n) is 10.2. The summed E-state index contributed by atoms with van der Waals surface area (Å²) < 4.78 is 1.74. The molecule has 0 bridgehead atoms. The molecule has 2 N–H and O–H groups in total. The maximum absolute atomic E-state index is 12.5. The van der Waals surface area contributed by atoms with Crippen molar-refractivity contribution in [2.45, 2.75) is 51.1 Å². The molecule has 154 valence electrons. The maximum Gasteiger partial charge on any atom is 0.317 e. The van der Waals surface area contributed by atoms with Crippen molar-refractivity contribution in [2.24, 2.45) is 5.92 Å². The lowest BCUT2D eigenvalue weighted by Crippen LogP contribution is -2.55. The van der Waals surface area contributed by atoms with Crippen LogP contribution in [0.2, 0.25) is 0 Å². The van der Waals surface area contributed by atoms with E-state index in [1.807, 2.05) is 37.3 Å². The van der Waals surface area contributed by atoms with Crippen LogP contribution < -0.4 is 5.32 Å². The number of amides is 1. The SMILES string of the molecule is Cc1c(CC(=O)NC2CC(N(CC(=O)O)CC3CC3)C2)nnn1-c1ccccc1.